The van der Waals surface area contributed by atoms with E-state index in [1.807, 2.05) is 6.07 Å². The van der Waals surface area contributed by atoms with Crippen LogP contribution >= 0.6 is 0 Å². The maximum atomic E-state index is 5.63. The van der Waals surface area contributed by atoms with Gasteiger partial charge in [0.25, 0.3) is 0 Å². The monoisotopic (exact) mass is 204 g/mol. The van der Waals surface area contributed by atoms with Crippen LogP contribution in [-0.4, -0.2) is 21.2 Å². The maximum Gasteiger partial charge on any atom is 0.155 e. The molecule has 0 aromatic carbocycles. The molecule has 2 N–H and O–H groups in total. The van der Waals surface area contributed by atoms with Crippen LogP contribution in [0.1, 0.15) is 24.6 Å². The van der Waals surface area contributed by atoms with Gasteiger partial charge in [-0.2, -0.15) is 5.10 Å². The molecule has 0 aliphatic carbocycles. The molecule has 1 aliphatic rings. The highest BCUT2D eigenvalue weighted by molar-refractivity contribution is 5.44. The Morgan fingerprint density at radius 1 is 1.53 bits per heavy atom. The number of nitrogens with zero attached hydrogens (tertiary/aromatic N) is 3. The number of fused-ring (bicyclic) bond motifs is 1. The third-order valence-electron chi connectivity index (χ3n) is 2.61. The Labute approximate surface area is 86.9 Å². The van der Waals surface area contributed by atoms with E-state index in [1.54, 1.807) is 16.9 Å². The summed E-state index contributed by atoms with van der Waals surface area (Å²) in [6.45, 7) is 0.827. The zero-order valence-electron chi connectivity index (χ0n) is 8.26. The van der Waals surface area contributed by atoms with Crippen LogP contribution in [0.5, 0.6) is 0 Å². The third kappa shape index (κ3) is 1.45. The lowest BCUT2D eigenvalue weighted by atomic mass is 10.2. The zero-order valence-corrected chi connectivity index (χ0v) is 8.26. The molecule has 15 heavy (non-hydrogen) atoms. The minimum atomic E-state index is 0.132. The van der Waals surface area contributed by atoms with Crippen LogP contribution in [0.15, 0.2) is 18.5 Å². The number of hydrogen-bond donors (Lipinski definition) is 1. The topological polar surface area (TPSA) is 65.4 Å². The Bertz CT molecular complexity index is 487. The number of aromatic nitrogens is 3. The van der Waals surface area contributed by atoms with E-state index >= 15 is 0 Å². The van der Waals surface area contributed by atoms with Crippen molar-refractivity contribution >= 4 is 11.3 Å². The highest BCUT2D eigenvalue weighted by atomic mass is 16.5. The van der Waals surface area contributed by atoms with Gasteiger partial charge in [0.05, 0.1) is 23.8 Å². The molecule has 78 valence electrons. The lowest BCUT2D eigenvalue weighted by molar-refractivity contribution is 0.108. The second-order valence-electron chi connectivity index (χ2n) is 3.76. The minimum Gasteiger partial charge on any atom is -0.396 e. The summed E-state index contributed by atoms with van der Waals surface area (Å²) in [6.07, 6.45) is 5.68. The zero-order chi connectivity index (χ0) is 10.3. The van der Waals surface area contributed by atoms with Crippen LogP contribution in [0.3, 0.4) is 0 Å². The summed E-state index contributed by atoms with van der Waals surface area (Å²) in [5, 5.41) is 4.40. The number of anilines is 1. The number of rotatable bonds is 1. The standard InChI is InChI=1S/C10H12N4O/c11-7-5-12-10-4-8(13-14(10)6-7)9-2-1-3-15-9/h4-6,9H,1-3,11H2. The summed E-state index contributed by atoms with van der Waals surface area (Å²) in [5.74, 6) is 0. The Morgan fingerprint density at radius 3 is 3.27 bits per heavy atom. The first-order valence-electron chi connectivity index (χ1n) is 5.05. The van der Waals surface area contributed by atoms with Gasteiger partial charge in [0.2, 0.25) is 0 Å². The Kier molecular flexibility index (Phi) is 1.85. The molecule has 3 rings (SSSR count). The fraction of sp³-hybridized carbons (Fsp3) is 0.400. The molecule has 1 unspecified atom stereocenters. The molecule has 0 saturated carbocycles. The first-order valence-corrected chi connectivity index (χ1v) is 5.05. The molecule has 0 amide bonds. The van der Waals surface area contributed by atoms with Crippen LogP contribution in [0.2, 0.25) is 0 Å². The molecule has 1 atom stereocenters. The van der Waals surface area contributed by atoms with Gasteiger partial charge in [-0.1, -0.05) is 0 Å². The molecule has 0 bridgehead atoms. The van der Waals surface area contributed by atoms with E-state index in [1.165, 1.54) is 0 Å². The van der Waals surface area contributed by atoms with Gasteiger partial charge < -0.3 is 10.5 Å². The normalized spacial score (nSPS) is 21.2. The SMILES string of the molecule is Nc1cnc2cc(C3CCCO3)nn2c1. The van der Waals surface area contributed by atoms with Crippen molar-refractivity contribution in [2.45, 2.75) is 18.9 Å². The molecule has 0 spiro atoms. The van der Waals surface area contributed by atoms with Crippen molar-refractivity contribution in [1.29, 1.82) is 0 Å². The molecule has 1 saturated heterocycles. The molecule has 2 aromatic rings. The average Bonchev–Trinajstić information content (AvgIpc) is 2.84. The van der Waals surface area contributed by atoms with Crippen molar-refractivity contribution in [3.8, 4) is 0 Å². The van der Waals surface area contributed by atoms with Crippen molar-refractivity contribution in [3.63, 3.8) is 0 Å². The largest absolute Gasteiger partial charge is 0.396 e. The molecule has 3 heterocycles. The molecule has 2 aromatic heterocycles. The lowest BCUT2D eigenvalue weighted by Gasteiger charge is -2.03. The van der Waals surface area contributed by atoms with Gasteiger partial charge in [-0.25, -0.2) is 9.50 Å². The Hall–Kier alpha value is -1.62. The fourth-order valence-corrected chi connectivity index (χ4v) is 1.88. The lowest BCUT2D eigenvalue weighted by Crippen LogP contribution is -1.98. The highest BCUT2D eigenvalue weighted by Gasteiger charge is 2.20. The van der Waals surface area contributed by atoms with Crippen LogP contribution in [0.4, 0.5) is 5.69 Å². The van der Waals surface area contributed by atoms with Crippen molar-refractivity contribution < 1.29 is 4.74 Å². The van der Waals surface area contributed by atoms with Gasteiger partial charge in [0.15, 0.2) is 5.65 Å². The van der Waals surface area contributed by atoms with Crippen LogP contribution in [0, 0.1) is 0 Å². The number of hydrogen-bond acceptors (Lipinski definition) is 4. The molecule has 0 radical (unpaired) electrons. The second kappa shape index (κ2) is 3.20. The summed E-state index contributed by atoms with van der Waals surface area (Å²) in [4.78, 5) is 4.19. The van der Waals surface area contributed by atoms with Crippen LogP contribution in [0.25, 0.3) is 5.65 Å². The van der Waals surface area contributed by atoms with Crippen molar-refractivity contribution in [3.05, 3.63) is 24.2 Å². The van der Waals surface area contributed by atoms with E-state index in [9.17, 15) is 0 Å². The van der Waals surface area contributed by atoms with Crippen molar-refractivity contribution in [1.82, 2.24) is 14.6 Å². The molecule has 5 nitrogen and oxygen atoms in total. The summed E-state index contributed by atoms with van der Waals surface area (Å²) in [6, 6.07) is 1.95. The summed E-state index contributed by atoms with van der Waals surface area (Å²) in [5.41, 5.74) is 8.01. The predicted octanol–water partition coefficient (Wildman–Crippen LogP) is 1.16. The van der Waals surface area contributed by atoms with E-state index in [4.69, 9.17) is 10.5 Å². The Balaban J connectivity index is 2.05. The summed E-state index contributed by atoms with van der Waals surface area (Å²) >= 11 is 0. The van der Waals surface area contributed by atoms with E-state index in [2.05, 4.69) is 10.1 Å². The van der Waals surface area contributed by atoms with Gasteiger partial charge in [-0.05, 0) is 12.8 Å². The second-order valence-corrected chi connectivity index (χ2v) is 3.76. The van der Waals surface area contributed by atoms with Crippen LogP contribution < -0.4 is 5.73 Å². The summed E-state index contributed by atoms with van der Waals surface area (Å²) in [7, 11) is 0. The molecular formula is C10H12N4O. The number of nitrogens with two attached hydrogens (primary N) is 1. The van der Waals surface area contributed by atoms with E-state index in [-0.39, 0.29) is 6.10 Å². The predicted molar refractivity (Wildman–Crippen MR) is 55.3 cm³/mol. The molecule has 1 fully saturated rings. The van der Waals surface area contributed by atoms with Gasteiger partial charge in [-0.15, -0.1) is 0 Å². The number of ether oxygens (including phenoxy) is 1. The smallest absolute Gasteiger partial charge is 0.155 e. The van der Waals surface area contributed by atoms with Gasteiger partial charge in [0.1, 0.15) is 6.10 Å². The van der Waals surface area contributed by atoms with Gasteiger partial charge in [0, 0.05) is 12.7 Å². The summed E-state index contributed by atoms with van der Waals surface area (Å²) < 4.78 is 7.26. The Morgan fingerprint density at radius 2 is 2.47 bits per heavy atom. The van der Waals surface area contributed by atoms with E-state index in [0.717, 1.165) is 30.8 Å². The fourth-order valence-electron chi connectivity index (χ4n) is 1.88. The minimum absolute atomic E-state index is 0.132. The van der Waals surface area contributed by atoms with Gasteiger partial charge in [-0.3, -0.25) is 0 Å². The first kappa shape index (κ1) is 8.67. The van der Waals surface area contributed by atoms with Crippen molar-refractivity contribution in [2.75, 3.05) is 12.3 Å². The highest BCUT2D eigenvalue weighted by Crippen LogP contribution is 2.27. The van der Waals surface area contributed by atoms with Crippen LogP contribution in [-0.2, 0) is 4.74 Å². The molecular weight excluding hydrogens is 192 g/mol. The maximum absolute atomic E-state index is 5.63. The average molecular weight is 204 g/mol. The van der Waals surface area contributed by atoms with Crippen molar-refractivity contribution in [2.24, 2.45) is 0 Å². The number of nitrogen functional groups attached to an aromatic ring is 1. The first-order chi connectivity index (χ1) is 7.33. The third-order valence-corrected chi connectivity index (χ3v) is 2.61. The molecule has 1 aliphatic heterocycles. The van der Waals surface area contributed by atoms with E-state index in [0.29, 0.717) is 5.69 Å². The quantitative estimate of drug-likeness (QED) is 0.757. The molecule has 5 heteroatoms. The van der Waals surface area contributed by atoms with Gasteiger partial charge >= 0.3 is 0 Å². The van der Waals surface area contributed by atoms with E-state index < -0.39 is 0 Å².